The summed E-state index contributed by atoms with van der Waals surface area (Å²) in [6, 6.07) is 4.07. The molecule has 19 heavy (non-hydrogen) atoms. The highest BCUT2D eigenvalue weighted by molar-refractivity contribution is 9.10. The minimum Gasteiger partial charge on any atom is -0.396 e. The molecule has 0 saturated carbocycles. The van der Waals surface area contributed by atoms with E-state index in [0.717, 1.165) is 4.47 Å². The van der Waals surface area contributed by atoms with Crippen LogP contribution in [0.3, 0.4) is 0 Å². The number of rotatable bonds is 4. The quantitative estimate of drug-likeness (QED) is 0.847. The molecule has 100 valence electrons. The van der Waals surface area contributed by atoms with Crippen molar-refractivity contribution in [3.8, 4) is 0 Å². The average Bonchev–Trinajstić information content (AvgIpc) is 2.77. The van der Waals surface area contributed by atoms with Gasteiger partial charge < -0.3 is 11.1 Å². The second-order valence-electron chi connectivity index (χ2n) is 3.96. The Morgan fingerprint density at radius 2 is 2.32 bits per heavy atom. The summed E-state index contributed by atoms with van der Waals surface area (Å²) < 4.78 is 15.5. The molecule has 0 saturated heterocycles. The lowest BCUT2D eigenvalue weighted by Gasteiger charge is -2.06. The first-order chi connectivity index (χ1) is 9.04. The number of amides is 1. The second-order valence-corrected chi connectivity index (χ2v) is 4.87. The van der Waals surface area contributed by atoms with E-state index >= 15 is 0 Å². The maximum absolute atomic E-state index is 13.0. The molecule has 0 fully saturated rings. The van der Waals surface area contributed by atoms with Crippen molar-refractivity contribution in [3.05, 3.63) is 40.9 Å². The van der Waals surface area contributed by atoms with Crippen LogP contribution < -0.4 is 11.1 Å². The Morgan fingerprint density at radius 1 is 1.53 bits per heavy atom. The zero-order valence-electron chi connectivity index (χ0n) is 9.94. The van der Waals surface area contributed by atoms with Crippen molar-refractivity contribution in [1.82, 2.24) is 9.78 Å². The molecule has 0 aliphatic carbocycles. The molecule has 1 aromatic heterocycles. The number of nitrogens with one attached hydrogen (secondary N) is 1. The zero-order valence-corrected chi connectivity index (χ0v) is 11.5. The van der Waals surface area contributed by atoms with Gasteiger partial charge in [0.25, 0.3) is 0 Å². The van der Waals surface area contributed by atoms with Gasteiger partial charge in [0.05, 0.1) is 16.4 Å². The fraction of sp³-hybridized carbons (Fsp3) is 0.167. The number of nitrogens with two attached hydrogens (primary N) is 1. The van der Waals surface area contributed by atoms with Crippen LogP contribution in [0.15, 0.2) is 35.1 Å². The maximum atomic E-state index is 13.0. The number of nitrogen functional groups attached to an aromatic ring is 1. The molecule has 2 aromatic rings. The number of aryl methyl sites for hydroxylation is 1. The third-order valence-corrected chi connectivity index (χ3v) is 2.86. The summed E-state index contributed by atoms with van der Waals surface area (Å²) in [6.07, 6.45) is 3.70. The minimum atomic E-state index is -0.501. The molecule has 7 heteroatoms. The Balaban J connectivity index is 1.88. The van der Waals surface area contributed by atoms with Gasteiger partial charge >= 0.3 is 0 Å². The molecular weight excluding hydrogens is 315 g/mol. The van der Waals surface area contributed by atoms with E-state index in [4.69, 9.17) is 5.73 Å². The van der Waals surface area contributed by atoms with Crippen LogP contribution >= 0.6 is 15.9 Å². The summed E-state index contributed by atoms with van der Waals surface area (Å²) in [7, 11) is 0. The van der Waals surface area contributed by atoms with Crippen LogP contribution in [0.25, 0.3) is 0 Å². The largest absolute Gasteiger partial charge is 0.396 e. The summed E-state index contributed by atoms with van der Waals surface area (Å²) in [6.45, 7) is 0.466. The number of hydrogen-bond donors (Lipinski definition) is 2. The van der Waals surface area contributed by atoms with E-state index in [9.17, 15) is 9.18 Å². The second kappa shape index (κ2) is 5.83. The van der Waals surface area contributed by atoms with E-state index in [2.05, 4.69) is 26.3 Å². The topological polar surface area (TPSA) is 72.9 Å². The van der Waals surface area contributed by atoms with Gasteiger partial charge in [-0.1, -0.05) is 0 Å². The molecule has 0 aliphatic heterocycles. The van der Waals surface area contributed by atoms with Crippen LogP contribution in [0.2, 0.25) is 0 Å². The van der Waals surface area contributed by atoms with Gasteiger partial charge in [0, 0.05) is 24.8 Å². The minimum absolute atomic E-state index is 0.00815. The molecule has 0 bridgehead atoms. The molecule has 1 aromatic carbocycles. The van der Waals surface area contributed by atoms with Crippen molar-refractivity contribution in [2.24, 2.45) is 0 Å². The van der Waals surface area contributed by atoms with Gasteiger partial charge in [-0.05, 0) is 34.1 Å². The fourth-order valence-corrected chi connectivity index (χ4v) is 1.85. The van der Waals surface area contributed by atoms with Gasteiger partial charge in [-0.2, -0.15) is 5.10 Å². The van der Waals surface area contributed by atoms with Crippen molar-refractivity contribution in [1.29, 1.82) is 0 Å². The molecule has 0 aliphatic rings. The van der Waals surface area contributed by atoms with Crippen molar-refractivity contribution in [2.45, 2.75) is 13.0 Å². The van der Waals surface area contributed by atoms with Gasteiger partial charge in [0.1, 0.15) is 5.82 Å². The SMILES string of the molecule is Nc1cc(NC(=O)CCn2cc(Br)cn2)ccc1F. The number of anilines is 2. The van der Waals surface area contributed by atoms with Crippen LogP contribution in [0, 0.1) is 5.82 Å². The number of halogens is 2. The molecule has 1 amide bonds. The maximum Gasteiger partial charge on any atom is 0.226 e. The third-order valence-electron chi connectivity index (χ3n) is 2.45. The normalized spacial score (nSPS) is 10.4. The van der Waals surface area contributed by atoms with E-state index in [-0.39, 0.29) is 18.0 Å². The van der Waals surface area contributed by atoms with Gasteiger partial charge in [0.15, 0.2) is 0 Å². The first kappa shape index (κ1) is 13.5. The molecule has 2 rings (SSSR count). The van der Waals surface area contributed by atoms with Crippen molar-refractivity contribution in [2.75, 3.05) is 11.1 Å². The number of benzene rings is 1. The zero-order chi connectivity index (χ0) is 13.8. The summed E-state index contributed by atoms with van der Waals surface area (Å²) in [5.41, 5.74) is 5.90. The Hall–Kier alpha value is -1.89. The number of hydrogen-bond acceptors (Lipinski definition) is 3. The smallest absolute Gasteiger partial charge is 0.226 e. The lowest BCUT2D eigenvalue weighted by atomic mass is 10.2. The first-order valence-corrected chi connectivity index (χ1v) is 6.37. The highest BCUT2D eigenvalue weighted by atomic mass is 79.9. The molecule has 3 N–H and O–H groups in total. The van der Waals surface area contributed by atoms with E-state index in [1.54, 1.807) is 17.1 Å². The molecule has 1 heterocycles. The lowest BCUT2D eigenvalue weighted by Crippen LogP contribution is -2.14. The summed E-state index contributed by atoms with van der Waals surface area (Å²) in [5, 5.41) is 6.69. The number of carbonyl (C=O) groups is 1. The molecular formula is C12H12BrFN4O. The predicted molar refractivity (Wildman–Crippen MR) is 74.0 cm³/mol. The molecule has 0 spiro atoms. The monoisotopic (exact) mass is 326 g/mol. The van der Waals surface area contributed by atoms with Crippen molar-refractivity contribution >= 4 is 33.2 Å². The molecule has 0 unspecified atom stereocenters. The highest BCUT2D eigenvalue weighted by Crippen LogP contribution is 2.16. The third kappa shape index (κ3) is 3.78. The molecule has 0 radical (unpaired) electrons. The number of aromatic nitrogens is 2. The summed E-state index contributed by atoms with van der Waals surface area (Å²) in [5.74, 6) is -0.683. The highest BCUT2D eigenvalue weighted by Gasteiger charge is 2.05. The Labute approximate surface area is 117 Å². The molecule has 5 nitrogen and oxygen atoms in total. The number of carbonyl (C=O) groups excluding carboxylic acids is 1. The van der Waals surface area contributed by atoms with Gasteiger partial charge in [-0.15, -0.1) is 0 Å². The van der Waals surface area contributed by atoms with Crippen LogP contribution in [0.1, 0.15) is 6.42 Å². The fourth-order valence-electron chi connectivity index (χ4n) is 1.52. The van der Waals surface area contributed by atoms with E-state index in [1.165, 1.54) is 18.2 Å². The summed E-state index contributed by atoms with van der Waals surface area (Å²) >= 11 is 3.27. The summed E-state index contributed by atoms with van der Waals surface area (Å²) in [4.78, 5) is 11.7. The van der Waals surface area contributed by atoms with Crippen LogP contribution in [-0.4, -0.2) is 15.7 Å². The van der Waals surface area contributed by atoms with E-state index < -0.39 is 5.82 Å². The van der Waals surface area contributed by atoms with Crippen molar-refractivity contribution in [3.63, 3.8) is 0 Å². The predicted octanol–water partition coefficient (Wildman–Crippen LogP) is 2.40. The Morgan fingerprint density at radius 3 is 2.95 bits per heavy atom. The van der Waals surface area contributed by atoms with Gasteiger partial charge in [0.2, 0.25) is 5.91 Å². The standard InChI is InChI=1S/C12H12BrFN4O/c13-8-6-16-18(7-8)4-3-12(19)17-9-1-2-10(14)11(15)5-9/h1-2,5-7H,3-4,15H2,(H,17,19). The lowest BCUT2D eigenvalue weighted by molar-refractivity contribution is -0.116. The van der Waals surface area contributed by atoms with Gasteiger partial charge in [-0.25, -0.2) is 4.39 Å². The van der Waals surface area contributed by atoms with Crippen LogP contribution in [0.5, 0.6) is 0 Å². The van der Waals surface area contributed by atoms with E-state index in [1.807, 2.05) is 0 Å². The van der Waals surface area contributed by atoms with Crippen LogP contribution in [-0.2, 0) is 11.3 Å². The number of nitrogens with zero attached hydrogens (tertiary/aromatic N) is 2. The van der Waals surface area contributed by atoms with E-state index in [0.29, 0.717) is 12.2 Å². The Bertz CT molecular complexity index is 599. The Kier molecular flexibility index (Phi) is 4.16. The average molecular weight is 327 g/mol. The van der Waals surface area contributed by atoms with Crippen molar-refractivity contribution < 1.29 is 9.18 Å². The van der Waals surface area contributed by atoms with Gasteiger partial charge in [-0.3, -0.25) is 9.48 Å². The first-order valence-electron chi connectivity index (χ1n) is 5.57. The molecule has 0 atom stereocenters. The van der Waals surface area contributed by atoms with Crippen LogP contribution in [0.4, 0.5) is 15.8 Å².